The van der Waals surface area contributed by atoms with Gasteiger partial charge in [0.15, 0.2) is 6.10 Å². The maximum Gasteiger partial charge on any atom is 0.306 e. The molecule has 0 rings (SSSR count). The van der Waals surface area contributed by atoms with Crippen LogP contribution in [-0.4, -0.2) is 37.2 Å². The molecule has 0 aliphatic carbocycles. The minimum Gasteiger partial charge on any atom is -0.462 e. The van der Waals surface area contributed by atoms with Crippen LogP contribution in [0.25, 0.3) is 0 Å². The van der Waals surface area contributed by atoms with Gasteiger partial charge in [0, 0.05) is 19.3 Å². The molecular weight excluding hydrogens is 805 g/mol. The maximum atomic E-state index is 12.8. The van der Waals surface area contributed by atoms with E-state index in [0.717, 1.165) is 89.9 Å². The second-order valence-electron chi connectivity index (χ2n) is 17.0. The second kappa shape index (κ2) is 52.7. The Hall–Kier alpha value is -3.93. The Balaban J connectivity index is 4.56. The van der Waals surface area contributed by atoms with Crippen LogP contribution in [0.1, 0.15) is 226 Å². The van der Waals surface area contributed by atoms with Crippen molar-refractivity contribution in [2.75, 3.05) is 13.2 Å². The Morgan fingerprint density at radius 3 is 1.08 bits per heavy atom. The SMILES string of the molecule is CC/C=C\C/C=C\C/C=C\C/C=C\C/C=C\CCCC(=O)OC[C@H](COC(=O)CCCC/C=C\C/C=C\C/C=C\CCCCC)OC(=O)CCCCCCCCC/C=C\CCCCCC. The fourth-order valence-corrected chi connectivity index (χ4v) is 6.77. The van der Waals surface area contributed by atoms with Gasteiger partial charge >= 0.3 is 17.9 Å². The van der Waals surface area contributed by atoms with Gasteiger partial charge in [-0.05, 0) is 122 Å². The Morgan fingerprint density at radius 1 is 0.323 bits per heavy atom. The molecule has 6 nitrogen and oxygen atoms in total. The summed E-state index contributed by atoms with van der Waals surface area (Å²) < 4.78 is 16.7. The number of unbranched alkanes of at least 4 members (excludes halogenated alkanes) is 17. The predicted molar refractivity (Wildman–Crippen MR) is 279 cm³/mol. The smallest absolute Gasteiger partial charge is 0.306 e. The largest absolute Gasteiger partial charge is 0.462 e. The monoisotopic (exact) mass is 901 g/mol. The molecular formula is C59H96O6. The molecule has 65 heavy (non-hydrogen) atoms. The van der Waals surface area contributed by atoms with Crippen LogP contribution in [0.5, 0.6) is 0 Å². The van der Waals surface area contributed by atoms with Gasteiger partial charge in [-0.1, -0.05) is 194 Å². The van der Waals surface area contributed by atoms with E-state index in [0.29, 0.717) is 19.3 Å². The topological polar surface area (TPSA) is 78.9 Å². The first-order chi connectivity index (χ1) is 32.0. The third-order valence-corrected chi connectivity index (χ3v) is 10.7. The molecule has 6 heteroatoms. The molecule has 0 aromatic heterocycles. The number of ether oxygens (including phenoxy) is 3. The number of carbonyl (C=O) groups excluding carboxylic acids is 3. The van der Waals surface area contributed by atoms with Crippen LogP contribution in [-0.2, 0) is 28.6 Å². The van der Waals surface area contributed by atoms with Crippen molar-refractivity contribution in [1.29, 1.82) is 0 Å². The maximum absolute atomic E-state index is 12.8. The summed E-state index contributed by atoms with van der Waals surface area (Å²) in [5.41, 5.74) is 0. The standard InChI is InChI=1S/C59H96O6/c1-4-7-10-13-16-19-22-25-28-29-32-34-37-40-43-46-49-52-58(61)64-55-56(65-59(62)53-50-47-44-41-38-35-31-27-24-21-18-15-12-9-6-3)54-63-57(60)51-48-45-42-39-36-33-30-26-23-20-17-14-11-8-5-2/h7,10,16-17,19-21,24-26,28,30,32,34,36,39-40,43,56H,4-6,8-9,11-15,18,22-23,27,29,31,33,35,37-38,41-42,44-55H2,1-3H3/b10-7-,19-16-,20-17-,24-21-,28-25-,30-26-,34-32-,39-36-,43-40-/t56-/m0/s1. The number of hydrogen-bond acceptors (Lipinski definition) is 6. The second-order valence-corrected chi connectivity index (χ2v) is 17.0. The molecule has 1 atom stereocenters. The highest BCUT2D eigenvalue weighted by Crippen LogP contribution is 2.13. The van der Waals surface area contributed by atoms with Crippen LogP contribution in [0.15, 0.2) is 109 Å². The lowest BCUT2D eigenvalue weighted by Gasteiger charge is -2.18. The van der Waals surface area contributed by atoms with E-state index in [4.69, 9.17) is 14.2 Å². The van der Waals surface area contributed by atoms with Crippen LogP contribution >= 0.6 is 0 Å². The molecule has 0 bridgehead atoms. The van der Waals surface area contributed by atoms with E-state index in [-0.39, 0.29) is 37.5 Å². The number of rotatable bonds is 46. The summed E-state index contributed by atoms with van der Waals surface area (Å²) in [6.07, 6.45) is 70.7. The molecule has 0 spiro atoms. The van der Waals surface area contributed by atoms with Crippen molar-refractivity contribution in [1.82, 2.24) is 0 Å². The molecule has 0 heterocycles. The van der Waals surface area contributed by atoms with Gasteiger partial charge in [0.2, 0.25) is 0 Å². The van der Waals surface area contributed by atoms with Gasteiger partial charge in [-0.2, -0.15) is 0 Å². The lowest BCUT2D eigenvalue weighted by Crippen LogP contribution is -2.30. The molecule has 0 N–H and O–H groups in total. The zero-order chi connectivity index (χ0) is 47.2. The first-order valence-corrected chi connectivity index (χ1v) is 26.4. The molecule has 0 radical (unpaired) electrons. The normalized spacial score (nSPS) is 13.0. The summed E-state index contributed by atoms with van der Waals surface area (Å²) in [4.78, 5) is 38.0. The van der Waals surface area contributed by atoms with Gasteiger partial charge in [-0.25, -0.2) is 0 Å². The van der Waals surface area contributed by atoms with E-state index in [2.05, 4.69) is 130 Å². The van der Waals surface area contributed by atoms with Gasteiger partial charge in [-0.15, -0.1) is 0 Å². The average molecular weight is 901 g/mol. The molecule has 0 saturated heterocycles. The molecule has 0 aromatic carbocycles. The predicted octanol–water partition coefficient (Wildman–Crippen LogP) is 17.5. The van der Waals surface area contributed by atoms with Crippen molar-refractivity contribution in [3.63, 3.8) is 0 Å². The van der Waals surface area contributed by atoms with Crippen LogP contribution in [0, 0.1) is 0 Å². The third kappa shape index (κ3) is 50.9. The highest BCUT2D eigenvalue weighted by molar-refractivity contribution is 5.71. The molecule has 0 aliphatic heterocycles. The summed E-state index contributed by atoms with van der Waals surface area (Å²) in [5, 5.41) is 0. The van der Waals surface area contributed by atoms with Gasteiger partial charge in [0.25, 0.3) is 0 Å². The summed E-state index contributed by atoms with van der Waals surface area (Å²) in [7, 11) is 0. The van der Waals surface area contributed by atoms with E-state index >= 15 is 0 Å². The molecule has 0 amide bonds. The van der Waals surface area contributed by atoms with Crippen molar-refractivity contribution in [3.8, 4) is 0 Å². The van der Waals surface area contributed by atoms with Crippen LogP contribution in [0.4, 0.5) is 0 Å². The number of carbonyl (C=O) groups is 3. The zero-order valence-electron chi connectivity index (χ0n) is 42.0. The van der Waals surface area contributed by atoms with E-state index < -0.39 is 6.10 Å². The van der Waals surface area contributed by atoms with Gasteiger partial charge < -0.3 is 14.2 Å². The molecule has 368 valence electrons. The Kier molecular flexibility index (Phi) is 49.5. The van der Waals surface area contributed by atoms with Crippen molar-refractivity contribution in [2.45, 2.75) is 232 Å². The summed E-state index contributed by atoms with van der Waals surface area (Å²) in [5.74, 6) is -1.02. The van der Waals surface area contributed by atoms with Crippen LogP contribution in [0.2, 0.25) is 0 Å². The number of esters is 3. The highest BCUT2D eigenvalue weighted by atomic mass is 16.6. The molecule has 0 saturated carbocycles. The van der Waals surface area contributed by atoms with Gasteiger partial charge in [0.1, 0.15) is 13.2 Å². The highest BCUT2D eigenvalue weighted by Gasteiger charge is 2.19. The molecule has 0 unspecified atom stereocenters. The van der Waals surface area contributed by atoms with E-state index in [1.165, 1.54) is 89.9 Å². The van der Waals surface area contributed by atoms with Crippen molar-refractivity contribution in [2.24, 2.45) is 0 Å². The van der Waals surface area contributed by atoms with Crippen LogP contribution < -0.4 is 0 Å². The van der Waals surface area contributed by atoms with Crippen molar-refractivity contribution < 1.29 is 28.6 Å². The Labute approximate surface area is 400 Å². The first-order valence-electron chi connectivity index (χ1n) is 26.4. The van der Waals surface area contributed by atoms with E-state index in [1.54, 1.807) is 0 Å². The van der Waals surface area contributed by atoms with Gasteiger partial charge in [0.05, 0.1) is 0 Å². The molecule has 0 aromatic rings. The summed E-state index contributed by atoms with van der Waals surface area (Å²) in [6.45, 7) is 6.38. The minimum atomic E-state index is -0.820. The van der Waals surface area contributed by atoms with Crippen molar-refractivity contribution in [3.05, 3.63) is 109 Å². The fourth-order valence-electron chi connectivity index (χ4n) is 6.77. The molecule has 0 fully saturated rings. The Bertz CT molecular complexity index is 1360. The first kappa shape index (κ1) is 61.1. The number of hydrogen-bond donors (Lipinski definition) is 0. The summed E-state index contributed by atoms with van der Waals surface area (Å²) in [6, 6.07) is 0. The van der Waals surface area contributed by atoms with E-state index in [1.807, 2.05) is 0 Å². The van der Waals surface area contributed by atoms with Crippen LogP contribution in [0.3, 0.4) is 0 Å². The average Bonchev–Trinajstić information content (AvgIpc) is 3.30. The fraction of sp³-hybridized carbons (Fsp3) is 0.644. The van der Waals surface area contributed by atoms with Gasteiger partial charge in [-0.3, -0.25) is 14.4 Å². The Morgan fingerprint density at radius 2 is 0.615 bits per heavy atom. The quantitative estimate of drug-likeness (QED) is 0.0262. The number of allylic oxidation sites excluding steroid dienone is 18. The zero-order valence-corrected chi connectivity index (χ0v) is 42.0. The van der Waals surface area contributed by atoms with E-state index in [9.17, 15) is 14.4 Å². The van der Waals surface area contributed by atoms with Crippen molar-refractivity contribution >= 4 is 17.9 Å². The minimum absolute atomic E-state index is 0.119. The molecule has 0 aliphatic rings. The lowest BCUT2D eigenvalue weighted by molar-refractivity contribution is -0.167. The lowest BCUT2D eigenvalue weighted by atomic mass is 10.1. The third-order valence-electron chi connectivity index (χ3n) is 10.7. The summed E-state index contributed by atoms with van der Waals surface area (Å²) >= 11 is 0.